The number of fused-ring (bicyclic) bond motifs is 1. The second-order valence-corrected chi connectivity index (χ2v) is 5.31. The summed E-state index contributed by atoms with van der Waals surface area (Å²) in [5.74, 6) is 1.04. The fourth-order valence-electron chi connectivity index (χ4n) is 3.06. The largest absolute Gasteiger partial charge is 0.496 e. The quantitative estimate of drug-likeness (QED) is 0.915. The fourth-order valence-corrected chi connectivity index (χ4v) is 3.06. The Morgan fingerprint density at radius 3 is 2.75 bits per heavy atom. The van der Waals surface area contributed by atoms with Crippen molar-refractivity contribution in [3.05, 3.63) is 65.2 Å². The highest BCUT2D eigenvalue weighted by Gasteiger charge is 2.21. The van der Waals surface area contributed by atoms with E-state index in [1.54, 1.807) is 7.11 Å². The van der Waals surface area contributed by atoms with Gasteiger partial charge >= 0.3 is 0 Å². The molecule has 0 saturated heterocycles. The lowest BCUT2D eigenvalue weighted by molar-refractivity contribution is 0.398. The predicted molar refractivity (Wildman–Crippen MR) is 82.2 cm³/mol. The molecule has 104 valence electrons. The van der Waals surface area contributed by atoms with Crippen LogP contribution < -0.4 is 10.1 Å². The lowest BCUT2D eigenvalue weighted by atomic mass is 9.90. The molecule has 2 aromatic rings. The van der Waals surface area contributed by atoms with Gasteiger partial charge in [-0.1, -0.05) is 42.5 Å². The van der Waals surface area contributed by atoms with Crippen LogP contribution in [-0.2, 0) is 12.8 Å². The summed E-state index contributed by atoms with van der Waals surface area (Å²) in [6, 6.07) is 17.5. The van der Waals surface area contributed by atoms with E-state index < -0.39 is 0 Å². The van der Waals surface area contributed by atoms with E-state index in [4.69, 9.17) is 4.74 Å². The standard InChI is InChI=1S/C18H21NO/c1-20-18-9-5-8-15-16(18)12-13-19-17(15)11-10-14-6-3-2-4-7-14/h2-9,17,19H,10-13H2,1H3. The molecule has 2 heteroatoms. The topological polar surface area (TPSA) is 21.3 Å². The minimum Gasteiger partial charge on any atom is -0.496 e. The number of methoxy groups -OCH3 is 1. The van der Waals surface area contributed by atoms with E-state index in [0.717, 1.165) is 31.6 Å². The van der Waals surface area contributed by atoms with E-state index >= 15 is 0 Å². The van der Waals surface area contributed by atoms with Crippen LogP contribution in [0.2, 0.25) is 0 Å². The molecular formula is C18H21NO. The maximum atomic E-state index is 5.50. The smallest absolute Gasteiger partial charge is 0.122 e. The maximum absolute atomic E-state index is 5.50. The van der Waals surface area contributed by atoms with Gasteiger partial charge in [0.25, 0.3) is 0 Å². The molecule has 3 rings (SSSR count). The van der Waals surface area contributed by atoms with Gasteiger partial charge in [-0.3, -0.25) is 0 Å². The molecule has 0 saturated carbocycles. The Labute approximate surface area is 120 Å². The van der Waals surface area contributed by atoms with Crippen molar-refractivity contribution in [3.63, 3.8) is 0 Å². The van der Waals surface area contributed by atoms with Crippen LogP contribution in [0.5, 0.6) is 5.75 Å². The molecule has 1 heterocycles. The molecule has 1 N–H and O–H groups in total. The van der Waals surface area contributed by atoms with Gasteiger partial charge < -0.3 is 10.1 Å². The summed E-state index contributed by atoms with van der Waals surface area (Å²) in [7, 11) is 1.76. The van der Waals surface area contributed by atoms with Crippen molar-refractivity contribution in [1.82, 2.24) is 5.32 Å². The van der Waals surface area contributed by atoms with Crippen LogP contribution in [0.25, 0.3) is 0 Å². The molecule has 0 spiro atoms. The van der Waals surface area contributed by atoms with Gasteiger partial charge in [0, 0.05) is 11.6 Å². The summed E-state index contributed by atoms with van der Waals surface area (Å²) >= 11 is 0. The molecule has 0 amide bonds. The average Bonchev–Trinajstić information content (AvgIpc) is 2.53. The highest BCUT2D eigenvalue weighted by molar-refractivity contribution is 5.43. The molecule has 2 aromatic carbocycles. The lowest BCUT2D eigenvalue weighted by Gasteiger charge is -2.28. The van der Waals surface area contributed by atoms with Crippen molar-refractivity contribution in [2.45, 2.75) is 25.3 Å². The molecule has 0 aromatic heterocycles. The zero-order valence-electron chi connectivity index (χ0n) is 11.9. The monoisotopic (exact) mass is 267 g/mol. The zero-order chi connectivity index (χ0) is 13.8. The van der Waals surface area contributed by atoms with Gasteiger partial charge in [0.2, 0.25) is 0 Å². The Bertz CT molecular complexity index is 565. The Kier molecular flexibility index (Phi) is 4.03. The molecule has 1 aliphatic heterocycles. The molecule has 0 radical (unpaired) electrons. The highest BCUT2D eigenvalue weighted by atomic mass is 16.5. The van der Waals surface area contributed by atoms with Gasteiger partial charge in [-0.2, -0.15) is 0 Å². The number of nitrogens with one attached hydrogen (secondary N) is 1. The van der Waals surface area contributed by atoms with E-state index in [-0.39, 0.29) is 0 Å². The van der Waals surface area contributed by atoms with Gasteiger partial charge in [0.05, 0.1) is 7.11 Å². The average molecular weight is 267 g/mol. The minimum absolute atomic E-state index is 0.439. The first kappa shape index (κ1) is 13.2. The van der Waals surface area contributed by atoms with Crippen molar-refractivity contribution in [1.29, 1.82) is 0 Å². The summed E-state index contributed by atoms with van der Waals surface area (Å²) in [6.45, 7) is 1.03. The van der Waals surface area contributed by atoms with Crippen LogP contribution in [0.15, 0.2) is 48.5 Å². The van der Waals surface area contributed by atoms with Crippen molar-refractivity contribution in [2.75, 3.05) is 13.7 Å². The zero-order valence-corrected chi connectivity index (χ0v) is 11.9. The summed E-state index contributed by atoms with van der Waals surface area (Å²) in [6.07, 6.45) is 3.29. The molecule has 0 aliphatic carbocycles. The predicted octanol–water partition coefficient (Wildman–Crippen LogP) is 3.51. The first-order valence-electron chi connectivity index (χ1n) is 7.31. The van der Waals surface area contributed by atoms with Crippen molar-refractivity contribution >= 4 is 0 Å². The molecule has 20 heavy (non-hydrogen) atoms. The summed E-state index contributed by atoms with van der Waals surface area (Å²) in [5.41, 5.74) is 4.20. The van der Waals surface area contributed by atoms with E-state index in [0.29, 0.717) is 6.04 Å². The molecule has 1 aliphatic rings. The fraction of sp³-hybridized carbons (Fsp3) is 0.333. The third kappa shape index (κ3) is 2.70. The maximum Gasteiger partial charge on any atom is 0.122 e. The number of ether oxygens (including phenoxy) is 1. The van der Waals surface area contributed by atoms with Gasteiger partial charge in [-0.15, -0.1) is 0 Å². The normalized spacial score (nSPS) is 17.6. The van der Waals surface area contributed by atoms with E-state index in [1.165, 1.54) is 16.7 Å². The van der Waals surface area contributed by atoms with Crippen molar-refractivity contribution in [3.8, 4) is 5.75 Å². The van der Waals surface area contributed by atoms with Gasteiger partial charge in [-0.05, 0) is 43.0 Å². The van der Waals surface area contributed by atoms with Crippen molar-refractivity contribution < 1.29 is 4.74 Å². The van der Waals surface area contributed by atoms with E-state index in [1.807, 2.05) is 0 Å². The number of aryl methyl sites for hydroxylation is 1. The Morgan fingerprint density at radius 1 is 1.10 bits per heavy atom. The van der Waals surface area contributed by atoms with Crippen LogP contribution in [0.3, 0.4) is 0 Å². The van der Waals surface area contributed by atoms with E-state index in [2.05, 4.69) is 53.8 Å². The second kappa shape index (κ2) is 6.10. The van der Waals surface area contributed by atoms with Crippen LogP contribution >= 0.6 is 0 Å². The number of hydrogen-bond acceptors (Lipinski definition) is 2. The number of hydrogen-bond donors (Lipinski definition) is 1. The summed E-state index contributed by atoms with van der Waals surface area (Å²) in [5, 5.41) is 3.64. The lowest BCUT2D eigenvalue weighted by Crippen LogP contribution is -2.30. The Balaban J connectivity index is 1.77. The molecule has 1 unspecified atom stereocenters. The Hall–Kier alpha value is -1.80. The van der Waals surface area contributed by atoms with Crippen LogP contribution in [-0.4, -0.2) is 13.7 Å². The van der Waals surface area contributed by atoms with E-state index in [9.17, 15) is 0 Å². The molecule has 0 bridgehead atoms. The third-order valence-corrected chi connectivity index (χ3v) is 4.09. The third-order valence-electron chi connectivity index (χ3n) is 4.09. The number of rotatable bonds is 4. The first-order valence-corrected chi connectivity index (χ1v) is 7.31. The minimum atomic E-state index is 0.439. The molecule has 2 nitrogen and oxygen atoms in total. The van der Waals surface area contributed by atoms with Crippen molar-refractivity contribution in [2.24, 2.45) is 0 Å². The molecular weight excluding hydrogens is 246 g/mol. The molecule has 0 fully saturated rings. The van der Waals surface area contributed by atoms with Gasteiger partial charge in [0.15, 0.2) is 0 Å². The highest BCUT2D eigenvalue weighted by Crippen LogP contribution is 2.32. The SMILES string of the molecule is COc1cccc2c1CCNC2CCc1ccccc1. The summed E-state index contributed by atoms with van der Waals surface area (Å²) in [4.78, 5) is 0. The molecule has 1 atom stereocenters. The number of benzene rings is 2. The summed E-state index contributed by atoms with van der Waals surface area (Å²) < 4.78 is 5.50. The van der Waals surface area contributed by atoms with Gasteiger partial charge in [-0.25, -0.2) is 0 Å². The van der Waals surface area contributed by atoms with Crippen LogP contribution in [0.4, 0.5) is 0 Å². The van der Waals surface area contributed by atoms with Crippen LogP contribution in [0, 0.1) is 0 Å². The second-order valence-electron chi connectivity index (χ2n) is 5.31. The first-order chi connectivity index (χ1) is 9.88. The van der Waals surface area contributed by atoms with Gasteiger partial charge in [0.1, 0.15) is 5.75 Å². The Morgan fingerprint density at radius 2 is 1.95 bits per heavy atom. The van der Waals surface area contributed by atoms with Crippen LogP contribution in [0.1, 0.15) is 29.2 Å².